The van der Waals surface area contributed by atoms with E-state index in [-0.39, 0.29) is 18.0 Å². The smallest absolute Gasteiger partial charge is 0.407 e. The molecule has 5 heteroatoms. The Morgan fingerprint density at radius 2 is 1.79 bits per heavy atom. The summed E-state index contributed by atoms with van der Waals surface area (Å²) in [7, 11) is 0. The van der Waals surface area contributed by atoms with Crippen molar-refractivity contribution in [3.63, 3.8) is 0 Å². The van der Waals surface area contributed by atoms with Gasteiger partial charge in [-0.1, -0.05) is 30.3 Å². The van der Waals surface area contributed by atoms with Gasteiger partial charge in [-0.15, -0.1) is 0 Å². The molecule has 0 bridgehead atoms. The summed E-state index contributed by atoms with van der Waals surface area (Å²) in [5.41, 5.74) is 0.919. The minimum absolute atomic E-state index is 0.0153. The molecule has 2 unspecified atom stereocenters. The van der Waals surface area contributed by atoms with Crippen molar-refractivity contribution in [3.05, 3.63) is 35.9 Å². The van der Waals surface area contributed by atoms with Crippen molar-refractivity contribution < 1.29 is 14.7 Å². The van der Waals surface area contributed by atoms with E-state index in [1.165, 1.54) is 11.8 Å². The molecule has 1 aliphatic heterocycles. The Morgan fingerprint density at radius 1 is 1.16 bits per heavy atom. The number of carboxylic acid groups (broad SMARTS) is 1. The summed E-state index contributed by atoms with van der Waals surface area (Å²) in [4.78, 5) is 26.2. The van der Waals surface area contributed by atoms with E-state index in [1.807, 2.05) is 37.3 Å². The Labute approximate surface area is 112 Å². The first-order valence-electron chi connectivity index (χ1n) is 6.32. The van der Waals surface area contributed by atoms with Crippen LogP contribution in [0.15, 0.2) is 30.3 Å². The standard InChI is InChI=1S/C14H18N2O3/c1-10-8-16(14(18)19)13(9-15(10)11(2)17)12-6-4-3-5-7-12/h3-7,10,13H,8-9H2,1-2H3,(H,18,19). The van der Waals surface area contributed by atoms with Crippen LogP contribution in [0.25, 0.3) is 0 Å². The van der Waals surface area contributed by atoms with Gasteiger partial charge in [0.05, 0.1) is 6.04 Å². The van der Waals surface area contributed by atoms with Gasteiger partial charge in [-0.25, -0.2) is 4.79 Å². The zero-order valence-corrected chi connectivity index (χ0v) is 11.1. The third kappa shape index (κ3) is 2.70. The Bertz CT molecular complexity index is 475. The van der Waals surface area contributed by atoms with Gasteiger partial charge >= 0.3 is 6.09 Å². The van der Waals surface area contributed by atoms with Crippen LogP contribution >= 0.6 is 0 Å². The van der Waals surface area contributed by atoms with Crippen LogP contribution in [-0.2, 0) is 4.79 Å². The number of carbonyl (C=O) groups is 2. The molecule has 0 saturated carbocycles. The fraction of sp³-hybridized carbons (Fsp3) is 0.429. The SMILES string of the molecule is CC(=O)N1CC(c2ccccc2)N(C(=O)O)CC1C. The van der Waals surface area contributed by atoms with Gasteiger partial charge < -0.3 is 10.0 Å². The summed E-state index contributed by atoms with van der Waals surface area (Å²) < 4.78 is 0. The average Bonchev–Trinajstić information content (AvgIpc) is 2.38. The molecule has 0 aliphatic carbocycles. The van der Waals surface area contributed by atoms with E-state index < -0.39 is 6.09 Å². The van der Waals surface area contributed by atoms with Crippen molar-refractivity contribution in [2.75, 3.05) is 13.1 Å². The number of rotatable bonds is 1. The van der Waals surface area contributed by atoms with Crippen molar-refractivity contribution in [1.82, 2.24) is 9.80 Å². The molecule has 1 saturated heterocycles. The second kappa shape index (κ2) is 5.30. The molecule has 2 amide bonds. The first-order valence-corrected chi connectivity index (χ1v) is 6.32. The zero-order chi connectivity index (χ0) is 14.0. The molecule has 0 spiro atoms. The highest BCUT2D eigenvalue weighted by molar-refractivity contribution is 5.74. The summed E-state index contributed by atoms with van der Waals surface area (Å²) in [5.74, 6) is -0.0153. The number of carbonyl (C=O) groups excluding carboxylic acids is 1. The van der Waals surface area contributed by atoms with Gasteiger partial charge in [-0.2, -0.15) is 0 Å². The molecule has 19 heavy (non-hydrogen) atoms. The van der Waals surface area contributed by atoms with Gasteiger partial charge in [-0.05, 0) is 12.5 Å². The molecule has 1 heterocycles. The number of nitrogens with zero attached hydrogens (tertiary/aromatic N) is 2. The molecule has 0 aromatic heterocycles. The van der Waals surface area contributed by atoms with E-state index in [4.69, 9.17) is 0 Å². The number of hydrogen-bond acceptors (Lipinski definition) is 2. The molecule has 0 radical (unpaired) electrons. The van der Waals surface area contributed by atoms with Gasteiger partial charge in [0.25, 0.3) is 0 Å². The lowest BCUT2D eigenvalue weighted by molar-refractivity contribution is -0.134. The summed E-state index contributed by atoms with van der Waals surface area (Å²) in [6, 6.07) is 9.07. The van der Waals surface area contributed by atoms with Crippen LogP contribution in [0.4, 0.5) is 4.79 Å². The first kappa shape index (κ1) is 13.4. The first-order chi connectivity index (χ1) is 9.00. The molecule has 2 atom stereocenters. The topological polar surface area (TPSA) is 60.9 Å². The van der Waals surface area contributed by atoms with Crippen LogP contribution in [-0.4, -0.2) is 46.0 Å². The van der Waals surface area contributed by atoms with Crippen molar-refractivity contribution in [2.45, 2.75) is 25.9 Å². The van der Waals surface area contributed by atoms with Gasteiger partial charge in [0.1, 0.15) is 0 Å². The second-order valence-electron chi connectivity index (χ2n) is 4.88. The van der Waals surface area contributed by atoms with E-state index in [0.29, 0.717) is 13.1 Å². The van der Waals surface area contributed by atoms with E-state index in [0.717, 1.165) is 5.56 Å². The fourth-order valence-electron chi connectivity index (χ4n) is 2.59. The van der Waals surface area contributed by atoms with Gasteiger partial charge in [0.15, 0.2) is 0 Å². The van der Waals surface area contributed by atoms with Crippen molar-refractivity contribution in [1.29, 1.82) is 0 Å². The van der Waals surface area contributed by atoms with E-state index in [2.05, 4.69) is 0 Å². The van der Waals surface area contributed by atoms with Crippen LogP contribution in [0.2, 0.25) is 0 Å². The van der Waals surface area contributed by atoms with Crippen molar-refractivity contribution in [3.8, 4) is 0 Å². The van der Waals surface area contributed by atoms with Crippen LogP contribution in [0, 0.1) is 0 Å². The molecule has 1 fully saturated rings. The monoisotopic (exact) mass is 262 g/mol. The number of hydrogen-bond donors (Lipinski definition) is 1. The Balaban J connectivity index is 2.31. The van der Waals surface area contributed by atoms with Crippen LogP contribution in [0.3, 0.4) is 0 Å². The predicted molar refractivity (Wildman–Crippen MR) is 70.8 cm³/mol. The molecule has 1 aliphatic rings. The van der Waals surface area contributed by atoms with E-state index in [9.17, 15) is 14.7 Å². The maximum absolute atomic E-state index is 11.6. The zero-order valence-electron chi connectivity index (χ0n) is 11.1. The lowest BCUT2D eigenvalue weighted by Crippen LogP contribution is -2.56. The quantitative estimate of drug-likeness (QED) is 0.841. The maximum Gasteiger partial charge on any atom is 0.407 e. The lowest BCUT2D eigenvalue weighted by Gasteiger charge is -2.43. The Kier molecular flexibility index (Phi) is 3.74. The van der Waals surface area contributed by atoms with Gasteiger partial charge in [0.2, 0.25) is 5.91 Å². The third-order valence-corrected chi connectivity index (χ3v) is 3.57. The minimum Gasteiger partial charge on any atom is -0.465 e. The highest BCUT2D eigenvalue weighted by Crippen LogP contribution is 2.27. The lowest BCUT2D eigenvalue weighted by atomic mass is 10.0. The van der Waals surface area contributed by atoms with E-state index in [1.54, 1.807) is 4.90 Å². The maximum atomic E-state index is 11.6. The fourth-order valence-corrected chi connectivity index (χ4v) is 2.59. The predicted octanol–water partition coefficient (Wildman–Crippen LogP) is 1.96. The molecule has 1 aromatic rings. The number of benzene rings is 1. The molecule has 102 valence electrons. The highest BCUT2D eigenvalue weighted by atomic mass is 16.4. The molecule has 1 aromatic carbocycles. The number of piperazine rings is 1. The normalized spacial score (nSPS) is 23.3. The minimum atomic E-state index is -0.941. The Hall–Kier alpha value is -2.04. The summed E-state index contributed by atoms with van der Waals surface area (Å²) in [5, 5.41) is 9.34. The number of amides is 2. The molecular weight excluding hydrogens is 244 g/mol. The molecule has 5 nitrogen and oxygen atoms in total. The second-order valence-corrected chi connectivity index (χ2v) is 4.88. The Morgan fingerprint density at radius 3 is 2.32 bits per heavy atom. The molecular formula is C14H18N2O3. The summed E-state index contributed by atoms with van der Waals surface area (Å²) in [6.07, 6.45) is -0.941. The van der Waals surface area contributed by atoms with Crippen molar-refractivity contribution >= 4 is 12.0 Å². The highest BCUT2D eigenvalue weighted by Gasteiger charge is 2.36. The largest absolute Gasteiger partial charge is 0.465 e. The van der Waals surface area contributed by atoms with Crippen LogP contribution in [0.1, 0.15) is 25.5 Å². The van der Waals surface area contributed by atoms with Crippen molar-refractivity contribution in [2.24, 2.45) is 0 Å². The van der Waals surface area contributed by atoms with Crippen LogP contribution < -0.4 is 0 Å². The summed E-state index contributed by atoms with van der Waals surface area (Å²) >= 11 is 0. The van der Waals surface area contributed by atoms with Crippen LogP contribution in [0.5, 0.6) is 0 Å². The van der Waals surface area contributed by atoms with Gasteiger partial charge in [-0.3, -0.25) is 9.69 Å². The molecule has 1 N–H and O–H groups in total. The molecule has 2 rings (SSSR count). The third-order valence-electron chi connectivity index (χ3n) is 3.57. The average molecular weight is 262 g/mol. The summed E-state index contributed by atoms with van der Waals surface area (Å²) in [6.45, 7) is 4.15. The van der Waals surface area contributed by atoms with E-state index >= 15 is 0 Å². The van der Waals surface area contributed by atoms with Gasteiger partial charge in [0, 0.05) is 26.1 Å².